The number of anilines is 1. The van der Waals surface area contributed by atoms with E-state index in [0.717, 1.165) is 42.6 Å². The summed E-state index contributed by atoms with van der Waals surface area (Å²) in [5, 5.41) is 4.02. The Balaban J connectivity index is 1.57. The summed E-state index contributed by atoms with van der Waals surface area (Å²) in [6.45, 7) is 0. The van der Waals surface area contributed by atoms with Crippen LogP contribution in [0.15, 0.2) is 28.8 Å². The van der Waals surface area contributed by atoms with Crippen LogP contribution in [0.2, 0.25) is 0 Å². The maximum absolute atomic E-state index is 5.74. The minimum Gasteiger partial charge on any atom is -0.399 e. The van der Waals surface area contributed by atoms with Gasteiger partial charge in [0.05, 0.1) is 0 Å². The molecular formula is C14H17N3O. The van der Waals surface area contributed by atoms with E-state index in [9.17, 15) is 0 Å². The number of nitrogens with two attached hydrogens (primary N) is 1. The van der Waals surface area contributed by atoms with Gasteiger partial charge in [0.25, 0.3) is 0 Å². The van der Waals surface area contributed by atoms with E-state index >= 15 is 0 Å². The molecule has 0 aliphatic heterocycles. The fourth-order valence-corrected chi connectivity index (χ4v) is 2.05. The lowest BCUT2D eigenvalue weighted by Gasteiger charge is -1.99. The molecular weight excluding hydrogens is 226 g/mol. The predicted octanol–water partition coefficient (Wildman–Crippen LogP) is 2.39. The Hall–Kier alpha value is -1.84. The topological polar surface area (TPSA) is 64.9 Å². The standard InChI is InChI=1S/C14H17N3O/c15-12-3-1-2-10(8-12)6-7-14-16-13(17-18-14)9-11-4-5-11/h1-3,8,11H,4-7,9,15H2. The zero-order chi connectivity index (χ0) is 12.4. The third kappa shape index (κ3) is 2.88. The van der Waals surface area contributed by atoms with Crippen molar-refractivity contribution in [1.29, 1.82) is 0 Å². The molecule has 1 aliphatic carbocycles. The van der Waals surface area contributed by atoms with Crippen LogP contribution in [-0.2, 0) is 19.3 Å². The van der Waals surface area contributed by atoms with Gasteiger partial charge in [0.1, 0.15) is 0 Å². The third-order valence-corrected chi connectivity index (χ3v) is 3.26. The van der Waals surface area contributed by atoms with Crippen molar-refractivity contribution in [2.45, 2.75) is 32.1 Å². The average molecular weight is 243 g/mol. The summed E-state index contributed by atoms with van der Waals surface area (Å²) in [7, 11) is 0. The maximum atomic E-state index is 5.74. The van der Waals surface area contributed by atoms with Crippen molar-refractivity contribution in [2.24, 2.45) is 5.92 Å². The van der Waals surface area contributed by atoms with Gasteiger partial charge < -0.3 is 10.3 Å². The van der Waals surface area contributed by atoms with Crippen molar-refractivity contribution in [3.8, 4) is 0 Å². The fourth-order valence-electron chi connectivity index (χ4n) is 2.05. The highest BCUT2D eigenvalue weighted by molar-refractivity contribution is 5.40. The lowest BCUT2D eigenvalue weighted by Crippen LogP contribution is -1.94. The molecule has 18 heavy (non-hydrogen) atoms. The quantitative estimate of drug-likeness (QED) is 0.819. The number of rotatable bonds is 5. The van der Waals surface area contributed by atoms with Crippen molar-refractivity contribution >= 4 is 5.69 Å². The number of hydrogen-bond donors (Lipinski definition) is 1. The molecule has 0 bridgehead atoms. The molecule has 4 nitrogen and oxygen atoms in total. The summed E-state index contributed by atoms with van der Waals surface area (Å²) in [5.41, 5.74) is 7.75. The Bertz CT molecular complexity index is 531. The van der Waals surface area contributed by atoms with E-state index in [2.05, 4.69) is 16.2 Å². The van der Waals surface area contributed by atoms with Crippen LogP contribution in [0.1, 0.15) is 30.1 Å². The predicted molar refractivity (Wildman–Crippen MR) is 69.0 cm³/mol. The van der Waals surface area contributed by atoms with Gasteiger partial charge in [0.2, 0.25) is 5.89 Å². The number of nitrogen functional groups attached to an aromatic ring is 1. The zero-order valence-corrected chi connectivity index (χ0v) is 10.3. The van der Waals surface area contributed by atoms with E-state index < -0.39 is 0 Å². The first-order valence-electron chi connectivity index (χ1n) is 6.45. The number of benzene rings is 1. The molecule has 4 heteroatoms. The molecule has 0 radical (unpaired) electrons. The summed E-state index contributed by atoms with van der Waals surface area (Å²) in [4.78, 5) is 4.42. The van der Waals surface area contributed by atoms with E-state index in [1.54, 1.807) is 0 Å². The van der Waals surface area contributed by atoms with E-state index in [4.69, 9.17) is 10.3 Å². The first-order valence-corrected chi connectivity index (χ1v) is 6.45. The largest absolute Gasteiger partial charge is 0.399 e. The molecule has 3 rings (SSSR count). The molecule has 1 saturated carbocycles. The molecule has 1 aromatic heterocycles. The highest BCUT2D eigenvalue weighted by atomic mass is 16.5. The number of aryl methyl sites for hydroxylation is 2. The molecule has 1 aliphatic rings. The summed E-state index contributed by atoms with van der Waals surface area (Å²) in [5.74, 6) is 2.39. The zero-order valence-electron chi connectivity index (χ0n) is 10.3. The van der Waals surface area contributed by atoms with Crippen LogP contribution in [0.5, 0.6) is 0 Å². The van der Waals surface area contributed by atoms with Gasteiger partial charge in [-0.25, -0.2) is 0 Å². The highest BCUT2D eigenvalue weighted by Crippen LogP contribution is 2.31. The second-order valence-corrected chi connectivity index (χ2v) is 5.00. The molecule has 0 atom stereocenters. The molecule has 1 heterocycles. The summed E-state index contributed by atoms with van der Waals surface area (Å²) < 4.78 is 5.25. The minimum absolute atomic E-state index is 0.730. The van der Waals surface area contributed by atoms with Crippen LogP contribution in [-0.4, -0.2) is 10.1 Å². The van der Waals surface area contributed by atoms with E-state index in [1.807, 2.05) is 18.2 Å². The van der Waals surface area contributed by atoms with Crippen LogP contribution >= 0.6 is 0 Å². The third-order valence-electron chi connectivity index (χ3n) is 3.26. The highest BCUT2D eigenvalue weighted by Gasteiger charge is 2.23. The Morgan fingerprint density at radius 3 is 2.94 bits per heavy atom. The molecule has 0 unspecified atom stereocenters. The van der Waals surface area contributed by atoms with Crippen LogP contribution in [0.4, 0.5) is 5.69 Å². The normalized spacial score (nSPS) is 14.9. The molecule has 0 saturated heterocycles. The Kier molecular flexibility index (Phi) is 3.00. The Morgan fingerprint density at radius 2 is 2.17 bits per heavy atom. The second kappa shape index (κ2) is 4.80. The number of hydrogen-bond acceptors (Lipinski definition) is 4. The van der Waals surface area contributed by atoms with Gasteiger partial charge in [-0.3, -0.25) is 0 Å². The first kappa shape index (κ1) is 11.3. The summed E-state index contributed by atoms with van der Waals surface area (Å²) in [6.07, 6.45) is 5.26. The van der Waals surface area contributed by atoms with Gasteiger partial charge in [-0.1, -0.05) is 17.3 Å². The van der Waals surface area contributed by atoms with Gasteiger partial charge in [-0.2, -0.15) is 4.98 Å². The van der Waals surface area contributed by atoms with E-state index in [0.29, 0.717) is 0 Å². The van der Waals surface area contributed by atoms with Crippen molar-refractivity contribution in [3.63, 3.8) is 0 Å². The Morgan fingerprint density at radius 1 is 1.28 bits per heavy atom. The average Bonchev–Trinajstić information content (AvgIpc) is 3.05. The maximum Gasteiger partial charge on any atom is 0.226 e. The summed E-state index contributed by atoms with van der Waals surface area (Å²) >= 11 is 0. The van der Waals surface area contributed by atoms with Gasteiger partial charge >= 0.3 is 0 Å². The SMILES string of the molecule is Nc1cccc(CCc2nc(CC3CC3)no2)c1. The Labute approximate surface area is 106 Å². The van der Waals surface area contributed by atoms with Gasteiger partial charge in [-0.05, 0) is 42.9 Å². The van der Waals surface area contributed by atoms with E-state index in [1.165, 1.54) is 18.4 Å². The lowest BCUT2D eigenvalue weighted by atomic mass is 10.1. The first-order chi connectivity index (χ1) is 8.79. The van der Waals surface area contributed by atoms with Crippen molar-refractivity contribution in [2.75, 3.05) is 5.73 Å². The monoisotopic (exact) mass is 243 g/mol. The van der Waals surface area contributed by atoms with Crippen molar-refractivity contribution in [3.05, 3.63) is 41.5 Å². The molecule has 0 amide bonds. The molecule has 94 valence electrons. The molecule has 1 fully saturated rings. The fraction of sp³-hybridized carbons (Fsp3) is 0.429. The van der Waals surface area contributed by atoms with E-state index in [-0.39, 0.29) is 0 Å². The summed E-state index contributed by atoms with van der Waals surface area (Å²) in [6, 6.07) is 7.92. The van der Waals surface area contributed by atoms with Crippen LogP contribution in [0, 0.1) is 5.92 Å². The van der Waals surface area contributed by atoms with Crippen LogP contribution in [0.3, 0.4) is 0 Å². The molecule has 0 spiro atoms. The molecule has 2 N–H and O–H groups in total. The number of aromatic nitrogens is 2. The van der Waals surface area contributed by atoms with Crippen LogP contribution in [0.25, 0.3) is 0 Å². The van der Waals surface area contributed by atoms with Crippen molar-refractivity contribution < 1.29 is 4.52 Å². The number of nitrogens with zero attached hydrogens (tertiary/aromatic N) is 2. The molecule has 1 aromatic carbocycles. The van der Waals surface area contributed by atoms with Crippen LogP contribution < -0.4 is 5.73 Å². The van der Waals surface area contributed by atoms with Crippen molar-refractivity contribution in [1.82, 2.24) is 10.1 Å². The van der Waals surface area contributed by atoms with Gasteiger partial charge in [-0.15, -0.1) is 0 Å². The second-order valence-electron chi connectivity index (χ2n) is 5.00. The molecule has 2 aromatic rings. The van der Waals surface area contributed by atoms with Gasteiger partial charge in [0, 0.05) is 18.5 Å². The minimum atomic E-state index is 0.730. The smallest absolute Gasteiger partial charge is 0.226 e. The lowest BCUT2D eigenvalue weighted by molar-refractivity contribution is 0.372. The van der Waals surface area contributed by atoms with Gasteiger partial charge in [0.15, 0.2) is 5.82 Å².